The molecule has 20 heavy (non-hydrogen) atoms. The van der Waals surface area contributed by atoms with E-state index in [0.717, 1.165) is 5.69 Å². The zero-order valence-electron chi connectivity index (χ0n) is 11.0. The molecule has 0 bridgehead atoms. The van der Waals surface area contributed by atoms with E-state index in [0.29, 0.717) is 5.69 Å². The summed E-state index contributed by atoms with van der Waals surface area (Å²) in [6.45, 7) is 0.255. The van der Waals surface area contributed by atoms with Crippen molar-refractivity contribution in [3.63, 3.8) is 0 Å². The average molecular weight is 274 g/mol. The van der Waals surface area contributed by atoms with Crippen LogP contribution in [0, 0.1) is 0 Å². The summed E-state index contributed by atoms with van der Waals surface area (Å²) in [5.74, 6) is 0.513. The van der Waals surface area contributed by atoms with Crippen molar-refractivity contribution in [2.45, 2.75) is 6.61 Å². The maximum Gasteiger partial charge on any atom is 0.325 e. The first-order chi connectivity index (χ1) is 9.67. The molecule has 7 heteroatoms. The molecule has 0 saturated heterocycles. The van der Waals surface area contributed by atoms with Gasteiger partial charge in [0.25, 0.3) is 11.5 Å². The Morgan fingerprint density at radius 2 is 2.20 bits per heavy atom. The molecule has 104 valence electrons. The van der Waals surface area contributed by atoms with Crippen molar-refractivity contribution in [1.82, 2.24) is 9.97 Å². The van der Waals surface area contributed by atoms with E-state index >= 15 is 0 Å². The van der Waals surface area contributed by atoms with Crippen LogP contribution < -0.4 is 21.6 Å². The Hall–Kier alpha value is -2.67. The molecule has 0 spiro atoms. The smallest absolute Gasteiger partial charge is 0.325 e. The van der Waals surface area contributed by atoms with E-state index in [4.69, 9.17) is 10.5 Å². The van der Waals surface area contributed by atoms with Crippen LogP contribution in [0.15, 0.2) is 41.2 Å². The van der Waals surface area contributed by atoms with E-state index in [1.54, 1.807) is 0 Å². The SMILES string of the molecule is COCc1cc(=O)[nH]c([NH+]=C(N)Nc2ccccc2)n1. The van der Waals surface area contributed by atoms with Gasteiger partial charge in [0.15, 0.2) is 0 Å². The molecule has 0 atom stereocenters. The third kappa shape index (κ3) is 3.92. The lowest BCUT2D eigenvalue weighted by atomic mass is 10.3. The Labute approximate surface area is 115 Å². The molecule has 1 heterocycles. The summed E-state index contributed by atoms with van der Waals surface area (Å²) >= 11 is 0. The van der Waals surface area contributed by atoms with Crippen LogP contribution in [0.4, 0.5) is 11.6 Å². The van der Waals surface area contributed by atoms with E-state index in [1.807, 2.05) is 30.3 Å². The normalized spacial score (nSPS) is 11.3. The van der Waals surface area contributed by atoms with Crippen LogP contribution in [-0.4, -0.2) is 23.0 Å². The fraction of sp³-hybridized carbons (Fsp3) is 0.154. The van der Waals surface area contributed by atoms with Crippen LogP contribution in [-0.2, 0) is 11.3 Å². The summed E-state index contributed by atoms with van der Waals surface area (Å²) in [5.41, 5.74) is 6.88. The standard InChI is InChI=1S/C13H15N5O2/c1-20-8-10-7-11(19)17-13(16-10)18-12(14)15-9-5-3-2-4-6-9/h2-7H,8H2,1H3,(H4,14,15,16,17,18,19)/p+1. The summed E-state index contributed by atoms with van der Waals surface area (Å²) < 4.78 is 4.94. The number of aromatic nitrogens is 2. The lowest BCUT2D eigenvalue weighted by molar-refractivity contribution is -0.365. The number of anilines is 1. The van der Waals surface area contributed by atoms with Crippen molar-refractivity contribution in [2.24, 2.45) is 5.73 Å². The highest BCUT2D eigenvalue weighted by Crippen LogP contribution is 2.02. The number of hydrogen-bond acceptors (Lipinski definition) is 3. The van der Waals surface area contributed by atoms with Gasteiger partial charge in [-0.3, -0.25) is 10.1 Å². The van der Waals surface area contributed by atoms with E-state index in [1.165, 1.54) is 13.2 Å². The Morgan fingerprint density at radius 3 is 2.90 bits per heavy atom. The minimum atomic E-state index is -0.276. The molecular formula is C13H16N5O2+. The number of ether oxygens (including phenoxy) is 1. The van der Waals surface area contributed by atoms with Gasteiger partial charge in [0.1, 0.15) is 5.69 Å². The summed E-state index contributed by atoms with van der Waals surface area (Å²) in [4.78, 5) is 21.0. The van der Waals surface area contributed by atoms with Crippen LogP contribution in [0.3, 0.4) is 0 Å². The molecule has 1 aromatic carbocycles. The monoisotopic (exact) mass is 274 g/mol. The van der Waals surface area contributed by atoms with Crippen LogP contribution >= 0.6 is 0 Å². The molecule has 0 fully saturated rings. The van der Waals surface area contributed by atoms with Crippen molar-refractivity contribution in [1.29, 1.82) is 0 Å². The van der Waals surface area contributed by atoms with Gasteiger partial charge in [-0.2, -0.15) is 0 Å². The van der Waals surface area contributed by atoms with E-state index in [2.05, 4.69) is 20.3 Å². The Bertz CT molecular complexity index is 651. The molecule has 0 unspecified atom stereocenters. The number of H-pyrrole nitrogens is 1. The summed E-state index contributed by atoms with van der Waals surface area (Å²) in [7, 11) is 1.54. The first-order valence-corrected chi connectivity index (χ1v) is 5.98. The molecule has 0 aliphatic carbocycles. The van der Waals surface area contributed by atoms with Gasteiger partial charge in [-0.15, -0.1) is 4.98 Å². The quantitative estimate of drug-likeness (QED) is 0.425. The molecule has 0 amide bonds. The molecule has 0 radical (unpaired) electrons. The minimum absolute atomic E-state index is 0.255. The van der Waals surface area contributed by atoms with Crippen molar-refractivity contribution in [2.75, 3.05) is 12.4 Å². The molecule has 2 rings (SSSR count). The number of nitrogens with zero attached hydrogens (tertiary/aromatic N) is 1. The zero-order chi connectivity index (χ0) is 14.4. The van der Waals surface area contributed by atoms with Gasteiger partial charge in [0.2, 0.25) is 0 Å². The third-order valence-corrected chi connectivity index (χ3v) is 2.39. The highest BCUT2D eigenvalue weighted by molar-refractivity contribution is 5.88. The first kappa shape index (κ1) is 13.8. The van der Waals surface area contributed by atoms with Crippen molar-refractivity contribution in [3.8, 4) is 0 Å². The minimum Gasteiger partial charge on any atom is -0.377 e. The number of aromatic amines is 1. The molecule has 0 aliphatic rings. The van der Waals surface area contributed by atoms with E-state index in [-0.39, 0.29) is 24.1 Å². The third-order valence-electron chi connectivity index (χ3n) is 2.39. The second-order valence-corrected chi connectivity index (χ2v) is 4.05. The van der Waals surface area contributed by atoms with Gasteiger partial charge in [-0.05, 0) is 12.1 Å². The predicted octanol–water partition coefficient (Wildman–Crippen LogP) is -0.945. The fourth-order valence-corrected chi connectivity index (χ4v) is 1.62. The number of methoxy groups -OCH3 is 1. The Kier molecular flexibility index (Phi) is 4.46. The predicted molar refractivity (Wildman–Crippen MR) is 75.5 cm³/mol. The molecule has 2 aromatic rings. The molecule has 5 N–H and O–H groups in total. The maximum absolute atomic E-state index is 11.5. The van der Waals surface area contributed by atoms with Crippen LogP contribution in [0.2, 0.25) is 0 Å². The van der Waals surface area contributed by atoms with Crippen molar-refractivity contribution >= 4 is 17.6 Å². The number of benzene rings is 1. The number of nitrogens with two attached hydrogens (primary N) is 1. The number of hydrogen-bond donors (Lipinski definition) is 4. The molecule has 7 nitrogen and oxygen atoms in total. The van der Waals surface area contributed by atoms with E-state index < -0.39 is 0 Å². The number of para-hydroxylation sites is 1. The second kappa shape index (κ2) is 6.48. The fourth-order valence-electron chi connectivity index (χ4n) is 1.62. The first-order valence-electron chi connectivity index (χ1n) is 5.98. The van der Waals surface area contributed by atoms with E-state index in [9.17, 15) is 4.79 Å². The van der Waals surface area contributed by atoms with Gasteiger partial charge in [0, 0.05) is 13.2 Å². The Morgan fingerprint density at radius 1 is 1.45 bits per heavy atom. The summed E-state index contributed by atoms with van der Waals surface area (Å²) in [5, 5.41) is 2.95. The van der Waals surface area contributed by atoms with Crippen LogP contribution in [0.1, 0.15) is 5.69 Å². The molecular weight excluding hydrogens is 258 g/mol. The number of nitrogens with one attached hydrogen (secondary N) is 3. The van der Waals surface area contributed by atoms with Gasteiger partial charge in [0.05, 0.1) is 12.3 Å². The average Bonchev–Trinajstić information content (AvgIpc) is 2.39. The topological polar surface area (TPSA) is 107 Å². The van der Waals surface area contributed by atoms with Gasteiger partial charge >= 0.3 is 5.95 Å². The largest absolute Gasteiger partial charge is 0.377 e. The second-order valence-electron chi connectivity index (χ2n) is 4.05. The lowest BCUT2D eigenvalue weighted by Crippen LogP contribution is -2.73. The van der Waals surface area contributed by atoms with Gasteiger partial charge in [-0.25, -0.2) is 9.98 Å². The van der Waals surface area contributed by atoms with Crippen LogP contribution in [0.5, 0.6) is 0 Å². The highest BCUT2D eigenvalue weighted by atomic mass is 16.5. The number of guanidine groups is 1. The number of rotatable bonds is 4. The molecule has 0 aliphatic heterocycles. The molecule has 0 saturated carbocycles. The lowest BCUT2D eigenvalue weighted by Gasteiger charge is -2.01. The maximum atomic E-state index is 11.5. The highest BCUT2D eigenvalue weighted by Gasteiger charge is 2.06. The zero-order valence-corrected chi connectivity index (χ0v) is 11.0. The summed E-state index contributed by atoms with van der Waals surface area (Å²) in [6.07, 6.45) is 0. The molecule has 1 aromatic heterocycles. The van der Waals surface area contributed by atoms with Crippen molar-refractivity contribution in [3.05, 3.63) is 52.4 Å². The Balaban J connectivity index is 2.19. The van der Waals surface area contributed by atoms with Gasteiger partial charge in [-0.1, -0.05) is 18.2 Å². The van der Waals surface area contributed by atoms with Gasteiger partial charge < -0.3 is 10.5 Å². The van der Waals surface area contributed by atoms with Crippen LogP contribution in [0.25, 0.3) is 0 Å². The van der Waals surface area contributed by atoms with Crippen molar-refractivity contribution < 1.29 is 9.73 Å². The summed E-state index contributed by atoms with van der Waals surface area (Å²) in [6, 6.07) is 10.8.